The van der Waals surface area contributed by atoms with Gasteiger partial charge in [0, 0.05) is 54.8 Å². The van der Waals surface area contributed by atoms with Crippen molar-refractivity contribution in [2.45, 2.75) is 102 Å². The van der Waals surface area contributed by atoms with Crippen LogP contribution in [0.5, 0.6) is 0 Å². The lowest BCUT2D eigenvalue weighted by atomic mass is 9.93. The molecule has 6 nitrogen and oxygen atoms in total. The minimum atomic E-state index is -0.0647. The summed E-state index contributed by atoms with van der Waals surface area (Å²) in [5.74, 6) is 0.894. The van der Waals surface area contributed by atoms with Gasteiger partial charge in [0.05, 0.1) is 29.0 Å². The van der Waals surface area contributed by atoms with E-state index in [4.69, 9.17) is 15.0 Å². The van der Waals surface area contributed by atoms with Crippen LogP contribution in [0, 0.1) is 12.3 Å². The Morgan fingerprint density at radius 1 is 1.09 bits per heavy atom. The molecule has 0 bridgehead atoms. The Morgan fingerprint density at radius 2 is 1.80 bits per heavy atom. The predicted molar refractivity (Wildman–Crippen MR) is 199 cm³/mol. The third kappa shape index (κ3) is 10.6. The topological polar surface area (TPSA) is 56.1 Å². The van der Waals surface area contributed by atoms with Crippen molar-refractivity contribution in [3.8, 4) is 0 Å². The Labute approximate surface area is 274 Å². The monoisotopic (exact) mass is 610 g/mol. The molecule has 0 saturated heterocycles. The molecule has 0 aliphatic heterocycles. The highest BCUT2D eigenvalue weighted by Gasteiger charge is 2.16. The van der Waals surface area contributed by atoms with Crippen molar-refractivity contribution in [3.63, 3.8) is 0 Å². The lowest BCUT2D eigenvalue weighted by molar-refractivity contribution is 0.500. The maximum atomic E-state index is 4.85. The molecule has 1 aromatic carbocycles. The van der Waals surface area contributed by atoms with E-state index in [1.54, 1.807) is 0 Å². The van der Waals surface area contributed by atoms with Gasteiger partial charge in [-0.05, 0) is 89.8 Å². The van der Waals surface area contributed by atoms with Gasteiger partial charge in [0.2, 0.25) is 0 Å². The average molecular weight is 611 g/mol. The number of hydrogen-bond acceptors (Lipinski definition) is 6. The molecule has 0 fully saturated rings. The van der Waals surface area contributed by atoms with Gasteiger partial charge < -0.3 is 15.1 Å². The quantitative estimate of drug-likeness (QED) is 0.161. The molecule has 1 unspecified atom stereocenters. The van der Waals surface area contributed by atoms with E-state index in [9.17, 15) is 0 Å². The predicted octanol–water partition coefficient (Wildman–Crippen LogP) is 9.89. The highest BCUT2D eigenvalue weighted by atomic mass is 15.2. The summed E-state index contributed by atoms with van der Waals surface area (Å²) in [7, 11) is 2.06. The highest BCUT2D eigenvalue weighted by Crippen LogP contribution is 2.27. The van der Waals surface area contributed by atoms with Crippen LogP contribution < -0.4 is 15.1 Å². The first kappa shape index (κ1) is 37.3. The fourth-order valence-electron chi connectivity index (χ4n) is 4.91. The molecule has 0 amide bonds. The van der Waals surface area contributed by atoms with Crippen LogP contribution in [0.25, 0.3) is 5.70 Å². The van der Waals surface area contributed by atoms with E-state index in [-0.39, 0.29) is 5.41 Å². The molecule has 2 aromatic rings. The zero-order valence-corrected chi connectivity index (χ0v) is 30.1. The molecule has 0 aliphatic carbocycles. The lowest BCUT2D eigenvalue weighted by Gasteiger charge is -2.30. The standard InChI is InChI=1S/C39H58N6/c1-14-23-45(29(7)15-2)35-21-22-38(42-27-35)44(13)34(16-3)25-37(40-18-5)32-19-20-33(28(6)24-32)26-41-36(17-4)30(8)43-31(9)39(10,11)12/h16-22,24-25,27,29,41H,9,14-15,23,26H2,1-8,10-13H3/b34-16-,36-17+,37-25-,40-18?,43-30?. The number of anilines is 2. The summed E-state index contributed by atoms with van der Waals surface area (Å²) in [6.45, 7) is 29.2. The first-order chi connectivity index (χ1) is 21.3. The Hall–Kier alpha value is -3.93. The van der Waals surface area contributed by atoms with Crippen molar-refractivity contribution in [2.75, 3.05) is 23.4 Å². The smallest absolute Gasteiger partial charge is 0.132 e. The molecule has 2 rings (SSSR count). The van der Waals surface area contributed by atoms with Crippen LogP contribution in [0.1, 0.15) is 98.8 Å². The number of nitrogens with zero attached hydrogens (tertiary/aromatic N) is 5. The first-order valence-corrected chi connectivity index (χ1v) is 16.4. The summed E-state index contributed by atoms with van der Waals surface area (Å²) in [4.78, 5) is 18.9. The summed E-state index contributed by atoms with van der Waals surface area (Å²) in [5.41, 5.74) is 9.35. The fourth-order valence-corrected chi connectivity index (χ4v) is 4.91. The Balaban J connectivity index is 2.29. The zero-order chi connectivity index (χ0) is 33.7. The second-order valence-corrected chi connectivity index (χ2v) is 12.6. The van der Waals surface area contributed by atoms with Gasteiger partial charge in [-0.15, -0.1) is 0 Å². The summed E-state index contributed by atoms with van der Waals surface area (Å²) < 4.78 is 0. The summed E-state index contributed by atoms with van der Waals surface area (Å²) in [5, 5.41) is 3.58. The van der Waals surface area contributed by atoms with E-state index in [0.717, 1.165) is 59.3 Å². The molecule has 1 N–H and O–H groups in total. The van der Waals surface area contributed by atoms with Crippen LogP contribution in [0.15, 0.2) is 88.4 Å². The molecular weight excluding hydrogens is 552 g/mol. The van der Waals surface area contributed by atoms with Gasteiger partial charge in [-0.2, -0.15) is 0 Å². The van der Waals surface area contributed by atoms with Crippen molar-refractivity contribution in [2.24, 2.45) is 15.4 Å². The number of nitrogens with one attached hydrogen (secondary N) is 1. The molecule has 0 saturated carbocycles. The van der Waals surface area contributed by atoms with Crippen LogP contribution >= 0.6 is 0 Å². The number of benzene rings is 1. The van der Waals surface area contributed by atoms with Crippen molar-refractivity contribution in [3.05, 3.63) is 95.1 Å². The fraction of sp³-hybridized carbons (Fsp3) is 0.462. The second-order valence-electron chi connectivity index (χ2n) is 12.6. The van der Waals surface area contributed by atoms with Gasteiger partial charge in [-0.1, -0.05) is 65.5 Å². The van der Waals surface area contributed by atoms with E-state index in [2.05, 4.69) is 133 Å². The molecule has 45 heavy (non-hydrogen) atoms. The van der Waals surface area contributed by atoms with Gasteiger partial charge in [0.15, 0.2) is 0 Å². The number of likely N-dealkylation sites (N-methyl/N-ethyl adjacent to an activating group) is 1. The van der Waals surface area contributed by atoms with Gasteiger partial charge >= 0.3 is 0 Å². The number of aryl methyl sites for hydroxylation is 1. The van der Waals surface area contributed by atoms with Crippen LogP contribution in [0.4, 0.5) is 11.5 Å². The summed E-state index contributed by atoms with van der Waals surface area (Å²) in [6.07, 6.45) is 12.4. The molecule has 1 aromatic heterocycles. The van der Waals surface area contributed by atoms with Crippen LogP contribution in [-0.2, 0) is 6.54 Å². The Bertz CT molecular complexity index is 1420. The van der Waals surface area contributed by atoms with Crippen LogP contribution in [-0.4, -0.2) is 36.5 Å². The van der Waals surface area contributed by atoms with Gasteiger partial charge in [-0.3, -0.25) is 9.98 Å². The first-order valence-electron chi connectivity index (χ1n) is 16.4. The zero-order valence-electron chi connectivity index (χ0n) is 30.1. The van der Waals surface area contributed by atoms with E-state index in [1.807, 2.05) is 33.2 Å². The number of allylic oxidation sites excluding steroid dienone is 5. The van der Waals surface area contributed by atoms with E-state index in [1.165, 1.54) is 16.8 Å². The van der Waals surface area contributed by atoms with Crippen molar-refractivity contribution < 1.29 is 0 Å². The van der Waals surface area contributed by atoms with Crippen LogP contribution in [0.3, 0.4) is 0 Å². The summed E-state index contributed by atoms with van der Waals surface area (Å²) in [6, 6.07) is 11.3. The minimum absolute atomic E-state index is 0.0647. The van der Waals surface area contributed by atoms with Gasteiger partial charge in [0.25, 0.3) is 0 Å². The minimum Gasteiger partial charge on any atom is -0.380 e. The lowest BCUT2D eigenvalue weighted by Crippen LogP contribution is -2.33. The number of pyridine rings is 1. The number of hydrogen-bond donors (Lipinski definition) is 1. The Morgan fingerprint density at radius 3 is 2.31 bits per heavy atom. The number of aromatic nitrogens is 1. The van der Waals surface area contributed by atoms with Gasteiger partial charge in [-0.25, -0.2) is 4.98 Å². The Kier molecular flexibility index (Phi) is 14.5. The number of rotatable bonds is 15. The molecule has 1 atom stereocenters. The van der Waals surface area contributed by atoms with Gasteiger partial charge in [0.1, 0.15) is 5.82 Å². The number of aliphatic imine (C=N–C) groups is 2. The molecule has 244 valence electrons. The van der Waals surface area contributed by atoms with E-state index < -0.39 is 0 Å². The molecule has 0 spiro atoms. The van der Waals surface area contributed by atoms with E-state index in [0.29, 0.717) is 12.6 Å². The second kappa shape index (κ2) is 17.5. The molecule has 6 heteroatoms. The average Bonchev–Trinajstić information content (AvgIpc) is 3.01. The normalized spacial score (nSPS) is 14.1. The maximum Gasteiger partial charge on any atom is 0.132 e. The molecule has 0 radical (unpaired) electrons. The van der Waals surface area contributed by atoms with Crippen LogP contribution in [0.2, 0.25) is 0 Å². The largest absolute Gasteiger partial charge is 0.380 e. The molecule has 1 heterocycles. The third-order valence-electron chi connectivity index (χ3n) is 8.19. The van der Waals surface area contributed by atoms with Crippen molar-refractivity contribution in [1.29, 1.82) is 0 Å². The summed E-state index contributed by atoms with van der Waals surface area (Å²) >= 11 is 0. The molecular formula is C39H58N6. The highest BCUT2D eigenvalue weighted by molar-refractivity contribution is 5.98. The van der Waals surface area contributed by atoms with Crippen molar-refractivity contribution in [1.82, 2.24) is 10.3 Å². The van der Waals surface area contributed by atoms with E-state index >= 15 is 0 Å². The third-order valence-corrected chi connectivity index (χ3v) is 8.19. The molecule has 0 aliphatic rings. The maximum absolute atomic E-state index is 4.85. The van der Waals surface area contributed by atoms with Crippen molar-refractivity contribution >= 4 is 29.1 Å². The SMILES string of the molecule is C=C(N=C(C)/C(=C\C)NCc1ccc(/C(=C/C(=C/C)N(C)c2ccc(N(CCC)C(C)CC)cn2)N=CC)cc1C)C(C)(C)C.